The topological polar surface area (TPSA) is 40.5 Å². The number of aliphatic carboxylic acids is 1. The van der Waals surface area contributed by atoms with E-state index < -0.39 is 11.5 Å². The summed E-state index contributed by atoms with van der Waals surface area (Å²) in [5.74, 6) is -0.698. The molecule has 0 radical (unpaired) electrons. The normalized spacial score (nSPS) is 24.7. The summed E-state index contributed by atoms with van der Waals surface area (Å²) in [6, 6.07) is 8.82. The van der Waals surface area contributed by atoms with Gasteiger partial charge in [0.1, 0.15) is 5.54 Å². The number of benzene rings is 1. The van der Waals surface area contributed by atoms with Gasteiger partial charge in [0.15, 0.2) is 0 Å². The number of aryl methyl sites for hydroxylation is 1. The molecule has 1 N–H and O–H groups in total. The quantitative estimate of drug-likeness (QED) is 0.889. The van der Waals surface area contributed by atoms with Crippen molar-refractivity contribution in [2.45, 2.75) is 64.5 Å². The summed E-state index contributed by atoms with van der Waals surface area (Å²) in [7, 11) is 0. The zero-order valence-electron chi connectivity index (χ0n) is 13.4. The average molecular weight is 289 g/mol. The molecule has 1 aliphatic rings. The predicted octanol–water partition coefficient (Wildman–Crippen LogP) is 4.03. The maximum Gasteiger partial charge on any atom is 0.323 e. The molecule has 116 valence electrons. The van der Waals surface area contributed by atoms with Crippen LogP contribution in [0.4, 0.5) is 0 Å². The second-order valence-corrected chi connectivity index (χ2v) is 6.40. The Morgan fingerprint density at radius 3 is 2.57 bits per heavy atom. The van der Waals surface area contributed by atoms with E-state index in [1.807, 2.05) is 6.92 Å². The molecule has 3 heteroatoms. The molecule has 3 nitrogen and oxygen atoms in total. The van der Waals surface area contributed by atoms with Gasteiger partial charge >= 0.3 is 5.97 Å². The van der Waals surface area contributed by atoms with E-state index in [-0.39, 0.29) is 6.04 Å². The first-order valence-corrected chi connectivity index (χ1v) is 8.08. The van der Waals surface area contributed by atoms with E-state index in [0.717, 1.165) is 38.6 Å². The van der Waals surface area contributed by atoms with Gasteiger partial charge in [-0.05, 0) is 57.2 Å². The van der Waals surface area contributed by atoms with E-state index in [4.69, 9.17) is 0 Å². The van der Waals surface area contributed by atoms with Crippen LogP contribution in [0.2, 0.25) is 0 Å². The van der Waals surface area contributed by atoms with Gasteiger partial charge in [-0.25, -0.2) is 0 Å². The van der Waals surface area contributed by atoms with Crippen molar-refractivity contribution in [2.75, 3.05) is 6.54 Å². The molecule has 0 spiro atoms. The third-order valence-electron chi connectivity index (χ3n) is 4.88. The van der Waals surface area contributed by atoms with Crippen molar-refractivity contribution in [3.63, 3.8) is 0 Å². The first-order valence-electron chi connectivity index (χ1n) is 8.08. The smallest absolute Gasteiger partial charge is 0.323 e. The first kappa shape index (κ1) is 16.0. The number of nitrogens with zero attached hydrogens (tertiary/aromatic N) is 1. The lowest BCUT2D eigenvalue weighted by Crippen LogP contribution is -2.55. The fraction of sp³-hybridized carbons (Fsp3) is 0.611. The van der Waals surface area contributed by atoms with Crippen molar-refractivity contribution in [3.05, 3.63) is 35.4 Å². The molecule has 0 amide bonds. The van der Waals surface area contributed by atoms with Crippen LogP contribution in [0.25, 0.3) is 0 Å². The third kappa shape index (κ3) is 3.29. The Hall–Kier alpha value is -1.35. The highest BCUT2D eigenvalue weighted by atomic mass is 16.4. The fourth-order valence-corrected chi connectivity index (χ4v) is 3.42. The zero-order valence-corrected chi connectivity index (χ0v) is 13.4. The Bertz CT molecular complexity index is 482. The number of rotatable bonds is 5. The van der Waals surface area contributed by atoms with Gasteiger partial charge in [0.25, 0.3) is 0 Å². The first-order chi connectivity index (χ1) is 9.99. The summed E-state index contributed by atoms with van der Waals surface area (Å²) in [5, 5.41) is 9.64. The van der Waals surface area contributed by atoms with Crippen LogP contribution in [-0.2, 0) is 11.2 Å². The monoisotopic (exact) mass is 289 g/mol. The van der Waals surface area contributed by atoms with Gasteiger partial charge in [-0.3, -0.25) is 9.69 Å². The summed E-state index contributed by atoms with van der Waals surface area (Å²) in [6.45, 7) is 7.04. The average Bonchev–Trinajstić information content (AvgIpc) is 2.48. The highest BCUT2D eigenvalue weighted by Gasteiger charge is 2.43. The van der Waals surface area contributed by atoms with Crippen LogP contribution in [0.5, 0.6) is 0 Å². The summed E-state index contributed by atoms with van der Waals surface area (Å²) in [4.78, 5) is 13.9. The standard InChI is InChI=1S/C18H27NO2/c1-4-7-15-8-10-16(11-9-15)14(2)19-13-6-5-12-18(19,3)17(20)21/h8-11,14H,4-7,12-13H2,1-3H3,(H,20,21). The van der Waals surface area contributed by atoms with Crippen LogP contribution < -0.4 is 0 Å². The summed E-state index contributed by atoms with van der Waals surface area (Å²) in [5.41, 5.74) is 1.83. The van der Waals surface area contributed by atoms with Crippen LogP contribution in [0.1, 0.15) is 63.6 Å². The number of carboxylic acids is 1. The van der Waals surface area contributed by atoms with Crippen molar-refractivity contribution in [1.29, 1.82) is 0 Å². The lowest BCUT2D eigenvalue weighted by Gasteiger charge is -2.45. The molecule has 1 aliphatic heterocycles. The van der Waals surface area contributed by atoms with E-state index in [1.165, 1.54) is 11.1 Å². The Labute approximate surface area is 128 Å². The van der Waals surface area contributed by atoms with Crippen LogP contribution in [-0.4, -0.2) is 28.1 Å². The minimum Gasteiger partial charge on any atom is -0.480 e. The lowest BCUT2D eigenvalue weighted by molar-refractivity contribution is -0.155. The minimum absolute atomic E-state index is 0.141. The van der Waals surface area contributed by atoms with Gasteiger partial charge in [-0.15, -0.1) is 0 Å². The Morgan fingerprint density at radius 2 is 2.00 bits per heavy atom. The predicted molar refractivity (Wildman–Crippen MR) is 85.4 cm³/mol. The van der Waals surface area contributed by atoms with Gasteiger partial charge in [-0.1, -0.05) is 37.6 Å². The molecule has 21 heavy (non-hydrogen) atoms. The number of carbonyl (C=O) groups is 1. The van der Waals surface area contributed by atoms with E-state index in [9.17, 15) is 9.90 Å². The van der Waals surface area contributed by atoms with E-state index in [0.29, 0.717) is 0 Å². The molecule has 0 aliphatic carbocycles. The number of carboxylic acid groups (broad SMARTS) is 1. The molecule has 1 heterocycles. The molecule has 1 aromatic rings. The largest absolute Gasteiger partial charge is 0.480 e. The summed E-state index contributed by atoms with van der Waals surface area (Å²) < 4.78 is 0. The lowest BCUT2D eigenvalue weighted by atomic mass is 9.86. The fourth-order valence-electron chi connectivity index (χ4n) is 3.42. The van der Waals surface area contributed by atoms with Gasteiger partial charge in [0, 0.05) is 6.04 Å². The SMILES string of the molecule is CCCc1ccc(C(C)N2CCCCC2(C)C(=O)O)cc1. The Morgan fingerprint density at radius 1 is 1.33 bits per heavy atom. The molecule has 1 saturated heterocycles. The van der Waals surface area contributed by atoms with Gasteiger partial charge < -0.3 is 5.11 Å². The van der Waals surface area contributed by atoms with Crippen LogP contribution >= 0.6 is 0 Å². The van der Waals surface area contributed by atoms with Crippen LogP contribution in [0.3, 0.4) is 0 Å². The molecule has 1 aromatic carbocycles. The molecular weight excluding hydrogens is 262 g/mol. The number of hydrogen-bond donors (Lipinski definition) is 1. The van der Waals surface area contributed by atoms with Crippen LogP contribution in [0.15, 0.2) is 24.3 Å². The van der Waals surface area contributed by atoms with E-state index in [1.54, 1.807) is 0 Å². The van der Waals surface area contributed by atoms with Gasteiger partial charge in [0.2, 0.25) is 0 Å². The molecule has 2 unspecified atom stereocenters. The van der Waals surface area contributed by atoms with Gasteiger partial charge in [-0.2, -0.15) is 0 Å². The van der Waals surface area contributed by atoms with Crippen molar-refractivity contribution in [1.82, 2.24) is 4.90 Å². The van der Waals surface area contributed by atoms with Gasteiger partial charge in [0.05, 0.1) is 0 Å². The second-order valence-electron chi connectivity index (χ2n) is 6.40. The zero-order chi connectivity index (χ0) is 15.5. The number of likely N-dealkylation sites (tertiary alicyclic amines) is 1. The summed E-state index contributed by atoms with van der Waals surface area (Å²) >= 11 is 0. The maximum absolute atomic E-state index is 11.7. The molecule has 0 bridgehead atoms. The molecule has 0 saturated carbocycles. The van der Waals surface area contributed by atoms with Crippen molar-refractivity contribution < 1.29 is 9.90 Å². The van der Waals surface area contributed by atoms with Crippen molar-refractivity contribution in [3.8, 4) is 0 Å². The minimum atomic E-state index is -0.736. The van der Waals surface area contributed by atoms with Crippen molar-refractivity contribution in [2.24, 2.45) is 0 Å². The summed E-state index contributed by atoms with van der Waals surface area (Å²) in [6.07, 6.45) is 5.08. The molecule has 2 atom stereocenters. The van der Waals surface area contributed by atoms with Crippen molar-refractivity contribution >= 4 is 5.97 Å². The van der Waals surface area contributed by atoms with E-state index >= 15 is 0 Å². The Balaban J connectivity index is 2.20. The third-order valence-corrected chi connectivity index (χ3v) is 4.88. The van der Waals surface area contributed by atoms with Crippen LogP contribution in [0, 0.1) is 0 Å². The maximum atomic E-state index is 11.7. The molecule has 2 rings (SSSR count). The number of hydrogen-bond acceptors (Lipinski definition) is 2. The highest BCUT2D eigenvalue weighted by Crippen LogP contribution is 2.35. The number of piperidine rings is 1. The second kappa shape index (κ2) is 6.61. The molecular formula is C18H27NO2. The molecule has 0 aromatic heterocycles. The highest BCUT2D eigenvalue weighted by molar-refractivity contribution is 5.78. The molecule has 1 fully saturated rings. The Kier molecular flexibility index (Phi) is 5.04. The van der Waals surface area contributed by atoms with E-state index in [2.05, 4.69) is 43.0 Å².